The summed E-state index contributed by atoms with van der Waals surface area (Å²) in [5.74, 6) is -0.147. The second kappa shape index (κ2) is 8.31. The molecule has 0 atom stereocenters. The van der Waals surface area contributed by atoms with Crippen LogP contribution in [0.25, 0.3) is 10.2 Å². The second-order valence-electron chi connectivity index (χ2n) is 7.57. The summed E-state index contributed by atoms with van der Waals surface area (Å²) in [5, 5.41) is 5.63. The number of fused-ring (bicyclic) bond motifs is 2. The van der Waals surface area contributed by atoms with E-state index in [1.165, 1.54) is 27.1 Å². The first-order valence-electron chi connectivity index (χ1n) is 9.95. The molecule has 3 aromatic heterocycles. The fourth-order valence-electron chi connectivity index (χ4n) is 3.62. The normalized spacial score (nSPS) is 14.0. The molecular weight excluding hydrogens is 446 g/mol. The molecular formula is C22H21N5OS3. The minimum Gasteiger partial charge on any atom is -0.301 e. The average Bonchev–Trinajstić information content (AvgIpc) is 3.28. The smallest absolute Gasteiger partial charge is 0.258 e. The lowest BCUT2D eigenvalue weighted by molar-refractivity contribution is 0.102. The molecule has 4 aromatic rings. The SMILES string of the molecule is Cc1sc2ncnc(Sc3ccccc3C(=O)Nc3nc4c(s3)CN(C)CC4)c2c1C. The van der Waals surface area contributed by atoms with Crippen molar-refractivity contribution < 1.29 is 4.79 Å². The Kier molecular flexibility index (Phi) is 5.51. The predicted octanol–water partition coefficient (Wildman–Crippen LogP) is 5.16. The number of rotatable bonds is 4. The number of thiazole rings is 1. The van der Waals surface area contributed by atoms with Crippen molar-refractivity contribution >= 4 is 55.7 Å². The minimum atomic E-state index is -0.147. The summed E-state index contributed by atoms with van der Waals surface area (Å²) in [4.78, 5) is 33.3. The third-order valence-electron chi connectivity index (χ3n) is 5.41. The molecule has 0 unspecified atom stereocenters. The molecule has 0 bridgehead atoms. The van der Waals surface area contributed by atoms with Crippen molar-refractivity contribution in [3.8, 4) is 0 Å². The van der Waals surface area contributed by atoms with E-state index in [0.29, 0.717) is 10.7 Å². The van der Waals surface area contributed by atoms with E-state index >= 15 is 0 Å². The van der Waals surface area contributed by atoms with Crippen molar-refractivity contribution in [1.29, 1.82) is 0 Å². The summed E-state index contributed by atoms with van der Waals surface area (Å²) < 4.78 is 0. The van der Waals surface area contributed by atoms with E-state index in [2.05, 4.69) is 46.1 Å². The highest BCUT2D eigenvalue weighted by Gasteiger charge is 2.21. The number of carbonyl (C=O) groups excluding carboxylic acids is 1. The van der Waals surface area contributed by atoms with E-state index in [0.717, 1.165) is 45.3 Å². The van der Waals surface area contributed by atoms with Gasteiger partial charge in [0.05, 0.1) is 11.3 Å². The molecule has 9 heteroatoms. The third kappa shape index (κ3) is 3.98. The van der Waals surface area contributed by atoms with Crippen molar-refractivity contribution in [2.75, 3.05) is 18.9 Å². The van der Waals surface area contributed by atoms with Crippen LogP contribution in [0.15, 0.2) is 40.5 Å². The lowest BCUT2D eigenvalue weighted by Gasteiger charge is -2.20. The highest BCUT2D eigenvalue weighted by molar-refractivity contribution is 7.99. The largest absolute Gasteiger partial charge is 0.301 e. The number of aryl methyl sites for hydroxylation is 2. The van der Waals surface area contributed by atoms with Gasteiger partial charge in [-0.2, -0.15) is 0 Å². The van der Waals surface area contributed by atoms with Crippen LogP contribution in [-0.4, -0.2) is 39.4 Å². The second-order valence-corrected chi connectivity index (χ2v) is 10.9. The van der Waals surface area contributed by atoms with Gasteiger partial charge in [-0.05, 0) is 38.6 Å². The van der Waals surface area contributed by atoms with Crippen molar-refractivity contribution in [2.24, 2.45) is 0 Å². The van der Waals surface area contributed by atoms with Crippen molar-refractivity contribution in [2.45, 2.75) is 36.7 Å². The number of hydrogen-bond donors (Lipinski definition) is 1. The Morgan fingerprint density at radius 3 is 2.90 bits per heavy atom. The van der Waals surface area contributed by atoms with Gasteiger partial charge in [-0.1, -0.05) is 23.9 Å². The van der Waals surface area contributed by atoms with Gasteiger partial charge in [-0.15, -0.1) is 22.7 Å². The number of amides is 1. The molecule has 0 saturated heterocycles. The first kappa shape index (κ1) is 20.6. The fourth-order valence-corrected chi connectivity index (χ4v) is 6.84. The van der Waals surface area contributed by atoms with Crippen molar-refractivity contribution in [3.05, 3.63) is 57.2 Å². The van der Waals surface area contributed by atoms with Crippen LogP contribution >= 0.6 is 34.4 Å². The van der Waals surface area contributed by atoms with Crippen molar-refractivity contribution in [3.63, 3.8) is 0 Å². The third-order valence-corrected chi connectivity index (χ3v) is 8.60. The molecule has 158 valence electrons. The molecule has 1 N–H and O–H groups in total. The van der Waals surface area contributed by atoms with Gasteiger partial charge in [0.2, 0.25) is 0 Å². The number of likely N-dealkylation sites (N-methyl/N-ethyl adjacent to an activating group) is 1. The van der Waals surface area contributed by atoms with Gasteiger partial charge in [0.15, 0.2) is 5.13 Å². The van der Waals surface area contributed by atoms with Gasteiger partial charge in [-0.3, -0.25) is 10.1 Å². The zero-order valence-corrected chi connectivity index (χ0v) is 19.9. The molecule has 5 rings (SSSR count). The van der Waals surface area contributed by atoms with E-state index in [-0.39, 0.29) is 5.91 Å². The number of carbonyl (C=O) groups is 1. The van der Waals surface area contributed by atoms with Crippen LogP contribution in [0.1, 0.15) is 31.4 Å². The molecule has 4 heterocycles. The average molecular weight is 468 g/mol. The van der Waals surface area contributed by atoms with Crippen LogP contribution in [0.2, 0.25) is 0 Å². The summed E-state index contributed by atoms with van der Waals surface area (Å²) in [6.07, 6.45) is 2.52. The van der Waals surface area contributed by atoms with Gasteiger partial charge >= 0.3 is 0 Å². The molecule has 6 nitrogen and oxygen atoms in total. The maximum absolute atomic E-state index is 13.1. The topological polar surface area (TPSA) is 71.0 Å². The highest BCUT2D eigenvalue weighted by Crippen LogP contribution is 2.38. The standard InChI is InChI=1S/C22H21N5OS3/c1-12-13(2)29-20-18(12)21(24-11-23-20)30-16-7-5-4-6-14(16)19(28)26-22-25-15-8-9-27(3)10-17(15)31-22/h4-7,11H,8-10H2,1-3H3,(H,25,26,28). The Morgan fingerprint density at radius 1 is 1.19 bits per heavy atom. The van der Waals surface area contributed by atoms with E-state index in [4.69, 9.17) is 0 Å². The molecule has 31 heavy (non-hydrogen) atoms. The minimum absolute atomic E-state index is 0.147. The molecule has 0 saturated carbocycles. The fraction of sp³-hybridized carbons (Fsp3) is 0.273. The van der Waals surface area contributed by atoms with Gasteiger partial charge in [0.25, 0.3) is 5.91 Å². The molecule has 0 aliphatic carbocycles. The number of anilines is 1. The summed E-state index contributed by atoms with van der Waals surface area (Å²) in [7, 11) is 2.11. The van der Waals surface area contributed by atoms with E-state index in [1.54, 1.807) is 29.0 Å². The van der Waals surface area contributed by atoms with Gasteiger partial charge < -0.3 is 4.90 Å². The summed E-state index contributed by atoms with van der Waals surface area (Å²) >= 11 is 4.75. The Labute approximate surface area is 192 Å². The van der Waals surface area contributed by atoms with Crippen LogP contribution in [0.5, 0.6) is 0 Å². The molecule has 1 aromatic carbocycles. The van der Waals surface area contributed by atoms with E-state index in [1.807, 2.05) is 24.3 Å². The maximum atomic E-state index is 13.1. The maximum Gasteiger partial charge on any atom is 0.258 e. The summed E-state index contributed by atoms with van der Waals surface area (Å²) in [6.45, 7) is 6.08. The van der Waals surface area contributed by atoms with Crippen LogP contribution in [0, 0.1) is 13.8 Å². The molecule has 1 amide bonds. The zero-order valence-electron chi connectivity index (χ0n) is 17.4. The predicted molar refractivity (Wildman–Crippen MR) is 128 cm³/mol. The van der Waals surface area contributed by atoms with Gasteiger partial charge in [-0.25, -0.2) is 15.0 Å². The van der Waals surface area contributed by atoms with Crippen LogP contribution in [-0.2, 0) is 13.0 Å². The number of aromatic nitrogens is 3. The zero-order chi connectivity index (χ0) is 21.5. The number of hydrogen-bond acceptors (Lipinski definition) is 8. The Balaban J connectivity index is 1.43. The molecule has 0 fully saturated rings. The molecule has 1 aliphatic heterocycles. The molecule has 0 radical (unpaired) electrons. The number of thiophene rings is 1. The van der Waals surface area contributed by atoms with Crippen molar-refractivity contribution in [1.82, 2.24) is 19.9 Å². The summed E-state index contributed by atoms with van der Waals surface area (Å²) in [6, 6.07) is 7.64. The van der Waals surface area contributed by atoms with Gasteiger partial charge in [0, 0.05) is 39.5 Å². The van der Waals surface area contributed by atoms with E-state index in [9.17, 15) is 4.79 Å². The number of benzene rings is 1. The number of nitrogens with one attached hydrogen (secondary N) is 1. The van der Waals surface area contributed by atoms with Gasteiger partial charge in [0.1, 0.15) is 16.2 Å². The van der Waals surface area contributed by atoms with Crippen LogP contribution < -0.4 is 5.32 Å². The highest BCUT2D eigenvalue weighted by atomic mass is 32.2. The Hall–Kier alpha value is -2.33. The first-order valence-corrected chi connectivity index (χ1v) is 12.4. The lowest BCUT2D eigenvalue weighted by Crippen LogP contribution is -2.25. The lowest BCUT2D eigenvalue weighted by atomic mass is 10.2. The first-order chi connectivity index (χ1) is 15.0. The summed E-state index contributed by atoms with van der Waals surface area (Å²) in [5.41, 5.74) is 2.92. The monoisotopic (exact) mass is 467 g/mol. The Morgan fingerprint density at radius 2 is 2.03 bits per heavy atom. The van der Waals surface area contributed by atoms with Crippen LogP contribution in [0.3, 0.4) is 0 Å². The Bertz CT molecular complexity index is 1300. The van der Waals surface area contributed by atoms with E-state index < -0.39 is 0 Å². The van der Waals surface area contributed by atoms with Crippen LogP contribution in [0.4, 0.5) is 5.13 Å². The molecule has 1 aliphatic rings. The molecule has 0 spiro atoms. The quantitative estimate of drug-likeness (QED) is 0.418. The number of nitrogens with zero attached hydrogens (tertiary/aromatic N) is 4.